The topological polar surface area (TPSA) is 159 Å². The Bertz CT molecular complexity index is 885. The van der Waals surface area contributed by atoms with E-state index >= 15 is 0 Å². The highest BCUT2D eigenvalue weighted by atomic mass is 16.2. The number of hydrazone groups is 1. The Balaban J connectivity index is 1.77. The van der Waals surface area contributed by atoms with Crippen LogP contribution >= 0.6 is 0 Å². The van der Waals surface area contributed by atoms with Gasteiger partial charge in [-0.1, -0.05) is 12.5 Å². The summed E-state index contributed by atoms with van der Waals surface area (Å²) >= 11 is 0. The van der Waals surface area contributed by atoms with Crippen LogP contribution in [0.1, 0.15) is 24.8 Å². The zero-order chi connectivity index (χ0) is 19.4. The number of amides is 4. The quantitative estimate of drug-likeness (QED) is 0.280. The van der Waals surface area contributed by atoms with Gasteiger partial charge in [-0.25, -0.2) is 4.79 Å². The maximum atomic E-state index is 12.6. The number of nitriles is 1. The van der Waals surface area contributed by atoms with Crippen LogP contribution in [0, 0.1) is 22.7 Å². The summed E-state index contributed by atoms with van der Waals surface area (Å²) in [4.78, 5) is 36.4. The van der Waals surface area contributed by atoms with Crippen molar-refractivity contribution in [3.8, 4) is 6.07 Å². The van der Waals surface area contributed by atoms with Crippen LogP contribution in [0.4, 0.5) is 10.5 Å². The van der Waals surface area contributed by atoms with E-state index in [1.165, 1.54) is 6.07 Å². The predicted octanol–water partition coefficient (Wildman–Crippen LogP) is 0.428. The molecule has 0 spiro atoms. The molecule has 0 aromatic heterocycles. The smallest absolute Gasteiger partial charge is 0.320 e. The number of carbonyl (C=O) groups excluding carboxylic acids is 3. The third-order valence-corrected chi connectivity index (χ3v) is 4.59. The second kappa shape index (κ2) is 7.25. The Labute approximate surface area is 154 Å². The van der Waals surface area contributed by atoms with E-state index < -0.39 is 23.5 Å². The molecule has 4 amide bonds. The highest BCUT2D eigenvalue weighted by molar-refractivity contribution is 6.60. The minimum atomic E-state index is -1.53. The summed E-state index contributed by atoms with van der Waals surface area (Å²) in [5.41, 5.74) is 1.65. The lowest BCUT2D eigenvalue weighted by atomic mass is 9.75. The van der Waals surface area contributed by atoms with Crippen molar-refractivity contribution in [2.75, 3.05) is 5.43 Å². The number of imide groups is 1. The number of benzene rings is 1. The molecule has 1 saturated heterocycles. The molecule has 10 nitrogen and oxygen atoms in total. The molecule has 1 heterocycles. The number of carbonyl (C=O) groups is 3. The lowest BCUT2D eigenvalue weighted by Crippen LogP contribution is -2.67. The first kappa shape index (κ1) is 18.1. The summed E-state index contributed by atoms with van der Waals surface area (Å²) in [5, 5.41) is 27.4. The van der Waals surface area contributed by atoms with Crippen LogP contribution in [0.15, 0.2) is 29.4 Å². The second-order valence-corrected chi connectivity index (χ2v) is 6.24. The van der Waals surface area contributed by atoms with Gasteiger partial charge in [0.05, 0.1) is 23.5 Å². The molecule has 1 saturated carbocycles. The van der Waals surface area contributed by atoms with Crippen LogP contribution in [0.3, 0.4) is 0 Å². The summed E-state index contributed by atoms with van der Waals surface area (Å²) < 4.78 is 0. The molecular weight excluding hydrogens is 350 g/mol. The SMILES string of the molecule is N#Cc1cccc(N/N=C(\C=N)C(=O)NC2(C3CCC3)NC(=O)NC2=O)c1. The molecule has 5 N–H and O–H groups in total. The zero-order valence-electron chi connectivity index (χ0n) is 14.2. The van der Waals surface area contributed by atoms with E-state index in [1.54, 1.807) is 18.2 Å². The molecule has 1 aliphatic heterocycles. The Morgan fingerprint density at radius 3 is 2.74 bits per heavy atom. The standard InChI is InChI=1S/C17H17N7O3/c18-8-10-3-1-6-12(7-10)23-24-13(9-19)14(25)21-17(11-4-2-5-11)15(26)20-16(27)22-17/h1,3,6-7,9,11,19,23H,2,4-5H2,(H,21,25)(H2,20,22,26,27)/b19-9?,24-13+. The van der Waals surface area contributed by atoms with Gasteiger partial charge < -0.3 is 16.0 Å². The van der Waals surface area contributed by atoms with Crippen LogP contribution in [-0.2, 0) is 9.59 Å². The van der Waals surface area contributed by atoms with Gasteiger partial charge in [0, 0.05) is 5.92 Å². The Kier molecular flexibility index (Phi) is 4.85. The van der Waals surface area contributed by atoms with Crippen molar-refractivity contribution >= 4 is 35.5 Å². The number of nitrogens with zero attached hydrogens (tertiary/aromatic N) is 2. The molecule has 1 aromatic carbocycles. The fraction of sp³-hybridized carbons (Fsp3) is 0.294. The highest BCUT2D eigenvalue weighted by Crippen LogP contribution is 2.36. The van der Waals surface area contributed by atoms with Crippen LogP contribution in [-0.4, -0.2) is 35.4 Å². The molecule has 2 fully saturated rings. The van der Waals surface area contributed by atoms with Crippen molar-refractivity contribution in [1.29, 1.82) is 10.7 Å². The molecule has 0 radical (unpaired) electrons. The molecule has 10 heteroatoms. The number of hydrogen-bond donors (Lipinski definition) is 5. The van der Waals surface area contributed by atoms with Gasteiger partial charge in [-0.15, -0.1) is 0 Å². The van der Waals surface area contributed by atoms with Gasteiger partial charge in [0.1, 0.15) is 0 Å². The first-order valence-electron chi connectivity index (χ1n) is 8.29. The normalized spacial score (nSPS) is 22.1. The number of rotatable bonds is 6. The van der Waals surface area contributed by atoms with Gasteiger partial charge in [0.2, 0.25) is 0 Å². The summed E-state index contributed by atoms with van der Waals surface area (Å²) in [7, 11) is 0. The van der Waals surface area contributed by atoms with Crippen LogP contribution in [0.2, 0.25) is 0 Å². The third-order valence-electron chi connectivity index (χ3n) is 4.59. The summed E-state index contributed by atoms with van der Waals surface area (Å²) in [6, 6.07) is 7.74. The van der Waals surface area contributed by atoms with Crippen molar-refractivity contribution in [1.82, 2.24) is 16.0 Å². The lowest BCUT2D eigenvalue weighted by Gasteiger charge is -2.40. The van der Waals surface area contributed by atoms with Gasteiger partial charge in [-0.05, 0) is 31.0 Å². The van der Waals surface area contributed by atoms with Crippen molar-refractivity contribution in [2.24, 2.45) is 11.0 Å². The van der Waals surface area contributed by atoms with E-state index in [9.17, 15) is 14.4 Å². The number of anilines is 1. The molecule has 3 rings (SSSR count). The van der Waals surface area contributed by atoms with Crippen molar-refractivity contribution in [3.63, 3.8) is 0 Å². The fourth-order valence-corrected chi connectivity index (χ4v) is 2.96. The van der Waals surface area contributed by atoms with Gasteiger partial charge in [-0.3, -0.25) is 20.3 Å². The second-order valence-electron chi connectivity index (χ2n) is 6.24. The third kappa shape index (κ3) is 3.48. The van der Waals surface area contributed by atoms with Crippen LogP contribution < -0.4 is 21.4 Å². The average molecular weight is 367 g/mol. The fourth-order valence-electron chi connectivity index (χ4n) is 2.96. The van der Waals surface area contributed by atoms with E-state index in [0.29, 0.717) is 24.1 Å². The molecule has 0 bridgehead atoms. The van der Waals surface area contributed by atoms with E-state index in [4.69, 9.17) is 10.7 Å². The lowest BCUT2D eigenvalue weighted by molar-refractivity contribution is -0.133. The van der Waals surface area contributed by atoms with Gasteiger partial charge in [-0.2, -0.15) is 10.4 Å². The Hall–Kier alpha value is -3.74. The van der Waals surface area contributed by atoms with Crippen LogP contribution in [0.25, 0.3) is 0 Å². The zero-order valence-corrected chi connectivity index (χ0v) is 14.2. The number of urea groups is 1. The van der Waals surface area contributed by atoms with Gasteiger partial charge in [0.25, 0.3) is 11.8 Å². The monoisotopic (exact) mass is 367 g/mol. The summed E-state index contributed by atoms with van der Waals surface area (Å²) in [6.45, 7) is 0. The molecule has 138 valence electrons. The molecule has 2 aliphatic rings. The number of nitrogens with one attached hydrogen (secondary N) is 5. The maximum Gasteiger partial charge on any atom is 0.323 e. The van der Waals surface area contributed by atoms with Gasteiger partial charge in [0.15, 0.2) is 11.4 Å². The van der Waals surface area contributed by atoms with Crippen molar-refractivity contribution in [3.05, 3.63) is 29.8 Å². The molecule has 1 aliphatic carbocycles. The average Bonchev–Trinajstić information content (AvgIpc) is 2.87. The minimum Gasteiger partial charge on any atom is -0.320 e. The minimum absolute atomic E-state index is 0.222. The first-order chi connectivity index (χ1) is 13.0. The Morgan fingerprint density at radius 2 is 2.19 bits per heavy atom. The van der Waals surface area contributed by atoms with Crippen LogP contribution in [0.5, 0.6) is 0 Å². The largest absolute Gasteiger partial charge is 0.323 e. The molecule has 1 atom stereocenters. The number of hydrogen-bond acceptors (Lipinski definition) is 7. The van der Waals surface area contributed by atoms with Crippen molar-refractivity contribution < 1.29 is 14.4 Å². The summed E-state index contributed by atoms with van der Waals surface area (Å²) in [5.74, 6) is -1.62. The van der Waals surface area contributed by atoms with E-state index in [0.717, 1.165) is 12.6 Å². The summed E-state index contributed by atoms with van der Waals surface area (Å²) in [6.07, 6.45) is 3.00. The van der Waals surface area contributed by atoms with E-state index in [2.05, 4.69) is 26.5 Å². The molecular formula is C17H17N7O3. The predicted molar refractivity (Wildman–Crippen MR) is 95.9 cm³/mol. The highest BCUT2D eigenvalue weighted by Gasteiger charge is 2.55. The molecule has 1 unspecified atom stereocenters. The first-order valence-corrected chi connectivity index (χ1v) is 8.29. The molecule has 27 heavy (non-hydrogen) atoms. The van der Waals surface area contributed by atoms with E-state index in [1.807, 2.05) is 6.07 Å². The van der Waals surface area contributed by atoms with Gasteiger partial charge >= 0.3 is 6.03 Å². The Morgan fingerprint density at radius 1 is 1.41 bits per heavy atom. The van der Waals surface area contributed by atoms with Crippen molar-refractivity contribution in [2.45, 2.75) is 24.9 Å². The molecule has 1 aromatic rings. The van der Waals surface area contributed by atoms with E-state index in [-0.39, 0.29) is 11.6 Å². The maximum absolute atomic E-state index is 12.6.